The fourth-order valence-electron chi connectivity index (χ4n) is 1.90. The molecule has 0 spiro atoms. The monoisotopic (exact) mass is 275 g/mol. The molecule has 2 aromatic rings. The van der Waals surface area contributed by atoms with Crippen LogP contribution in [-0.2, 0) is 6.54 Å². The second kappa shape index (κ2) is 5.61. The van der Waals surface area contributed by atoms with E-state index in [1.54, 1.807) is 30.3 Å². The molecule has 20 heavy (non-hydrogen) atoms. The van der Waals surface area contributed by atoms with Crippen molar-refractivity contribution in [3.05, 3.63) is 59.4 Å². The maximum Gasteiger partial charge on any atom is 0.338 e. The minimum Gasteiger partial charge on any atom is -0.508 e. The van der Waals surface area contributed by atoms with E-state index in [-0.39, 0.29) is 11.3 Å². The highest BCUT2D eigenvalue weighted by molar-refractivity contribution is 5.87. The van der Waals surface area contributed by atoms with Gasteiger partial charge in [0.15, 0.2) is 0 Å². The molecule has 2 rings (SSSR count). The van der Waals surface area contributed by atoms with Crippen molar-refractivity contribution in [1.29, 1.82) is 0 Å². The summed E-state index contributed by atoms with van der Waals surface area (Å²) < 4.78 is 13.6. The number of aromatic hydroxyl groups is 1. The van der Waals surface area contributed by atoms with Gasteiger partial charge >= 0.3 is 5.97 Å². The third-order valence-electron chi connectivity index (χ3n) is 2.97. The number of carboxylic acids is 1. The Kier molecular flexibility index (Phi) is 3.89. The lowest BCUT2D eigenvalue weighted by molar-refractivity contribution is 0.0692. The first-order valence-corrected chi connectivity index (χ1v) is 5.99. The zero-order valence-corrected chi connectivity index (χ0v) is 10.9. The molecule has 4 nitrogen and oxygen atoms in total. The fourth-order valence-corrected chi connectivity index (χ4v) is 1.90. The number of nitrogens with zero attached hydrogens (tertiary/aromatic N) is 1. The summed E-state index contributed by atoms with van der Waals surface area (Å²) in [5, 5.41) is 18.0. The largest absolute Gasteiger partial charge is 0.508 e. The van der Waals surface area contributed by atoms with Crippen LogP contribution in [0.25, 0.3) is 0 Å². The van der Waals surface area contributed by atoms with Crippen LogP contribution in [0.1, 0.15) is 15.9 Å². The number of benzene rings is 2. The van der Waals surface area contributed by atoms with Crippen molar-refractivity contribution in [2.45, 2.75) is 6.54 Å². The normalized spacial score (nSPS) is 10.3. The molecule has 0 unspecified atom stereocenters. The molecule has 0 aliphatic heterocycles. The van der Waals surface area contributed by atoms with E-state index in [1.807, 2.05) is 11.9 Å². The van der Waals surface area contributed by atoms with Crippen molar-refractivity contribution in [2.24, 2.45) is 0 Å². The summed E-state index contributed by atoms with van der Waals surface area (Å²) in [4.78, 5) is 12.6. The van der Waals surface area contributed by atoms with Gasteiger partial charge in [0.1, 0.15) is 11.6 Å². The lowest BCUT2D eigenvalue weighted by Gasteiger charge is -2.19. The van der Waals surface area contributed by atoms with E-state index >= 15 is 0 Å². The maximum atomic E-state index is 13.6. The molecule has 5 heteroatoms. The first kappa shape index (κ1) is 13.9. The second-order valence-corrected chi connectivity index (χ2v) is 4.49. The molecule has 104 valence electrons. The van der Waals surface area contributed by atoms with Gasteiger partial charge in [-0.2, -0.15) is 0 Å². The van der Waals surface area contributed by atoms with E-state index in [4.69, 9.17) is 5.11 Å². The van der Waals surface area contributed by atoms with Crippen LogP contribution in [0.4, 0.5) is 10.1 Å². The van der Waals surface area contributed by atoms with E-state index in [9.17, 15) is 14.3 Å². The van der Waals surface area contributed by atoms with Crippen LogP contribution in [0.5, 0.6) is 5.75 Å². The number of halogens is 1. The number of hydrogen-bond acceptors (Lipinski definition) is 3. The molecule has 0 fully saturated rings. The Morgan fingerprint density at radius 2 is 1.85 bits per heavy atom. The molecule has 0 atom stereocenters. The second-order valence-electron chi connectivity index (χ2n) is 4.49. The molecule has 0 radical (unpaired) electrons. The van der Waals surface area contributed by atoms with Crippen molar-refractivity contribution < 1.29 is 19.4 Å². The SMILES string of the molecule is CN(Cc1ccc(C(=O)O)c(F)c1)c1ccc(O)cc1. The van der Waals surface area contributed by atoms with Crippen LogP contribution in [0.15, 0.2) is 42.5 Å². The maximum absolute atomic E-state index is 13.6. The number of hydrogen-bond donors (Lipinski definition) is 2. The van der Waals surface area contributed by atoms with Gasteiger partial charge in [-0.25, -0.2) is 9.18 Å². The Balaban J connectivity index is 2.15. The zero-order chi connectivity index (χ0) is 14.7. The smallest absolute Gasteiger partial charge is 0.338 e. The molecule has 2 N–H and O–H groups in total. The van der Waals surface area contributed by atoms with E-state index in [2.05, 4.69) is 0 Å². The molecule has 0 amide bonds. The Morgan fingerprint density at radius 3 is 2.40 bits per heavy atom. The molecule has 0 heterocycles. The van der Waals surface area contributed by atoms with Crippen molar-refractivity contribution >= 4 is 11.7 Å². The van der Waals surface area contributed by atoms with Gasteiger partial charge in [0, 0.05) is 19.3 Å². The molecule has 0 saturated heterocycles. The third-order valence-corrected chi connectivity index (χ3v) is 2.97. The first-order valence-electron chi connectivity index (χ1n) is 5.99. The molecule has 0 saturated carbocycles. The van der Waals surface area contributed by atoms with Crippen LogP contribution < -0.4 is 4.90 Å². The molecule has 0 aliphatic carbocycles. The van der Waals surface area contributed by atoms with Crippen molar-refractivity contribution in [3.63, 3.8) is 0 Å². The Labute approximate surface area is 115 Å². The van der Waals surface area contributed by atoms with E-state index in [0.717, 1.165) is 5.69 Å². The average Bonchev–Trinajstić information content (AvgIpc) is 2.39. The fraction of sp³-hybridized carbons (Fsp3) is 0.133. The average molecular weight is 275 g/mol. The number of anilines is 1. The van der Waals surface area contributed by atoms with Gasteiger partial charge in [0.05, 0.1) is 5.56 Å². The van der Waals surface area contributed by atoms with Gasteiger partial charge in [-0.3, -0.25) is 0 Å². The van der Waals surface area contributed by atoms with Gasteiger partial charge in [0.2, 0.25) is 0 Å². The van der Waals surface area contributed by atoms with E-state index < -0.39 is 11.8 Å². The summed E-state index contributed by atoms with van der Waals surface area (Å²) in [6, 6.07) is 10.7. The van der Waals surface area contributed by atoms with Crippen molar-refractivity contribution in [3.8, 4) is 5.75 Å². The van der Waals surface area contributed by atoms with Crippen LogP contribution in [0.3, 0.4) is 0 Å². The minimum atomic E-state index is -1.28. The van der Waals surface area contributed by atoms with Gasteiger partial charge in [-0.15, -0.1) is 0 Å². The standard InChI is InChI=1S/C15H14FNO3/c1-17(11-3-5-12(18)6-4-11)9-10-2-7-13(15(19)20)14(16)8-10/h2-8,18H,9H2,1H3,(H,19,20). The van der Waals surface area contributed by atoms with Gasteiger partial charge < -0.3 is 15.1 Å². The van der Waals surface area contributed by atoms with Crippen molar-refractivity contribution in [2.75, 3.05) is 11.9 Å². The quantitative estimate of drug-likeness (QED) is 0.900. The molecule has 2 aromatic carbocycles. The van der Waals surface area contributed by atoms with Crippen LogP contribution in [-0.4, -0.2) is 23.2 Å². The summed E-state index contributed by atoms with van der Waals surface area (Å²) in [6.07, 6.45) is 0. The highest BCUT2D eigenvalue weighted by Crippen LogP contribution is 2.20. The summed E-state index contributed by atoms with van der Waals surface area (Å²) in [5.74, 6) is -1.84. The number of carbonyl (C=O) groups is 1. The molecular formula is C15H14FNO3. The molecule has 0 aromatic heterocycles. The number of carboxylic acid groups (broad SMARTS) is 1. The van der Waals surface area contributed by atoms with Gasteiger partial charge in [-0.1, -0.05) is 6.07 Å². The Morgan fingerprint density at radius 1 is 1.20 bits per heavy atom. The minimum absolute atomic E-state index is 0.180. The number of rotatable bonds is 4. The van der Waals surface area contributed by atoms with E-state index in [1.165, 1.54) is 12.1 Å². The highest BCUT2D eigenvalue weighted by atomic mass is 19.1. The molecule has 0 aliphatic rings. The molecule has 0 bridgehead atoms. The number of phenolic OH excluding ortho intramolecular Hbond substituents is 1. The predicted molar refractivity (Wildman–Crippen MR) is 73.6 cm³/mol. The highest BCUT2D eigenvalue weighted by Gasteiger charge is 2.11. The Hall–Kier alpha value is -2.56. The zero-order valence-electron chi connectivity index (χ0n) is 10.9. The topological polar surface area (TPSA) is 60.8 Å². The van der Waals surface area contributed by atoms with Crippen LogP contribution >= 0.6 is 0 Å². The summed E-state index contributed by atoms with van der Waals surface area (Å²) in [7, 11) is 1.83. The molecular weight excluding hydrogens is 261 g/mol. The lowest BCUT2D eigenvalue weighted by atomic mass is 10.1. The summed E-state index contributed by atoms with van der Waals surface area (Å²) >= 11 is 0. The summed E-state index contributed by atoms with van der Waals surface area (Å²) in [5.41, 5.74) is 1.20. The van der Waals surface area contributed by atoms with Gasteiger partial charge in [-0.05, 0) is 42.0 Å². The van der Waals surface area contributed by atoms with E-state index in [0.29, 0.717) is 12.1 Å². The number of phenols is 1. The van der Waals surface area contributed by atoms with Crippen LogP contribution in [0, 0.1) is 5.82 Å². The predicted octanol–water partition coefficient (Wildman–Crippen LogP) is 2.87. The first-order chi connectivity index (χ1) is 9.47. The van der Waals surface area contributed by atoms with Crippen LogP contribution in [0.2, 0.25) is 0 Å². The summed E-state index contributed by atoms with van der Waals surface area (Å²) in [6.45, 7) is 0.432. The number of aromatic carboxylic acids is 1. The van der Waals surface area contributed by atoms with Crippen molar-refractivity contribution in [1.82, 2.24) is 0 Å². The Bertz CT molecular complexity index is 626. The lowest BCUT2D eigenvalue weighted by Crippen LogP contribution is -2.16. The van der Waals surface area contributed by atoms with Gasteiger partial charge in [0.25, 0.3) is 0 Å². The third kappa shape index (κ3) is 3.06.